The van der Waals surface area contributed by atoms with Crippen LogP contribution in [0.25, 0.3) is 0 Å². The second-order valence-electron chi connectivity index (χ2n) is 4.46. The Labute approximate surface area is 109 Å². The minimum atomic E-state index is -4.74. The topological polar surface area (TPSA) is 18.5 Å². The molecule has 2 nitrogen and oxygen atoms in total. The Kier molecular flexibility index (Phi) is 3.89. The summed E-state index contributed by atoms with van der Waals surface area (Å²) >= 11 is 0. The molecule has 0 heterocycles. The van der Waals surface area contributed by atoms with Gasteiger partial charge in [0, 0.05) is 5.56 Å². The van der Waals surface area contributed by atoms with Gasteiger partial charge in [-0.15, -0.1) is 19.6 Å². The third kappa shape index (κ3) is 3.82. The van der Waals surface area contributed by atoms with Crippen molar-refractivity contribution in [2.45, 2.75) is 25.6 Å². The van der Waals surface area contributed by atoms with Crippen molar-refractivity contribution in [3.8, 4) is 23.8 Å². The zero-order chi connectivity index (χ0) is 13.9. The molecule has 0 saturated heterocycles. The van der Waals surface area contributed by atoms with Crippen LogP contribution < -0.4 is 9.47 Å². The fourth-order valence-corrected chi connectivity index (χ4v) is 1.79. The first kappa shape index (κ1) is 13.6. The molecule has 2 rings (SSSR count). The lowest BCUT2D eigenvalue weighted by Gasteiger charge is -2.25. The second-order valence-corrected chi connectivity index (χ2v) is 4.46. The van der Waals surface area contributed by atoms with E-state index in [1.165, 1.54) is 18.2 Å². The summed E-state index contributed by atoms with van der Waals surface area (Å²) in [6.45, 7) is 0.391. The number of halogens is 3. The minimum Gasteiger partial charge on any atom is -0.489 e. The van der Waals surface area contributed by atoms with Crippen LogP contribution in [-0.4, -0.2) is 13.0 Å². The van der Waals surface area contributed by atoms with Crippen LogP contribution in [0.4, 0.5) is 13.2 Å². The molecule has 5 heteroatoms. The van der Waals surface area contributed by atoms with Crippen LogP contribution in [-0.2, 0) is 0 Å². The fraction of sp³-hybridized carbons (Fsp3) is 0.429. The van der Waals surface area contributed by atoms with Crippen LogP contribution in [0.15, 0.2) is 18.2 Å². The summed E-state index contributed by atoms with van der Waals surface area (Å²) in [5.74, 6) is 2.45. The summed E-state index contributed by atoms with van der Waals surface area (Å²) in [7, 11) is 0. The molecule has 19 heavy (non-hydrogen) atoms. The van der Waals surface area contributed by atoms with Crippen molar-refractivity contribution in [3.05, 3.63) is 23.8 Å². The lowest BCUT2D eigenvalue weighted by molar-refractivity contribution is -0.275. The van der Waals surface area contributed by atoms with E-state index in [4.69, 9.17) is 11.2 Å². The van der Waals surface area contributed by atoms with E-state index in [0.717, 1.165) is 19.3 Å². The van der Waals surface area contributed by atoms with Gasteiger partial charge in [0.05, 0.1) is 6.61 Å². The molecular weight excluding hydrogens is 257 g/mol. The van der Waals surface area contributed by atoms with Crippen molar-refractivity contribution < 1.29 is 22.6 Å². The molecule has 1 aromatic rings. The first-order valence-corrected chi connectivity index (χ1v) is 5.97. The summed E-state index contributed by atoms with van der Waals surface area (Å²) < 4.78 is 46.1. The van der Waals surface area contributed by atoms with Gasteiger partial charge in [0.15, 0.2) is 11.5 Å². The SMILES string of the molecule is C#Cc1ccc(OC(F)(F)F)c(OCC2CCC2)c1. The molecule has 1 aliphatic rings. The molecule has 1 fully saturated rings. The number of hydrogen-bond donors (Lipinski definition) is 0. The van der Waals surface area contributed by atoms with Crippen molar-refractivity contribution in [3.63, 3.8) is 0 Å². The normalized spacial score (nSPS) is 15.5. The van der Waals surface area contributed by atoms with Gasteiger partial charge in [-0.05, 0) is 37.0 Å². The van der Waals surface area contributed by atoms with E-state index in [1.807, 2.05) is 0 Å². The molecule has 1 aromatic carbocycles. The van der Waals surface area contributed by atoms with Gasteiger partial charge < -0.3 is 9.47 Å². The molecule has 0 aliphatic heterocycles. The molecule has 0 atom stereocenters. The van der Waals surface area contributed by atoms with E-state index in [-0.39, 0.29) is 11.5 Å². The first-order valence-electron chi connectivity index (χ1n) is 5.97. The Balaban J connectivity index is 2.13. The van der Waals surface area contributed by atoms with Crippen LogP contribution in [0.2, 0.25) is 0 Å². The van der Waals surface area contributed by atoms with Crippen molar-refractivity contribution in [1.82, 2.24) is 0 Å². The summed E-state index contributed by atoms with van der Waals surface area (Å²) in [5, 5.41) is 0. The van der Waals surface area contributed by atoms with Crippen LogP contribution in [0.1, 0.15) is 24.8 Å². The van der Waals surface area contributed by atoms with Crippen molar-refractivity contribution >= 4 is 0 Å². The maximum atomic E-state index is 12.3. The number of alkyl halides is 3. The third-order valence-corrected chi connectivity index (χ3v) is 3.04. The molecule has 0 bridgehead atoms. The summed E-state index contributed by atoms with van der Waals surface area (Å²) in [4.78, 5) is 0. The second kappa shape index (κ2) is 5.43. The number of rotatable bonds is 4. The van der Waals surface area contributed by atoms with Crippen molar-refractivity contribution in [1.29, 1.82) is 0 Å². The van der Waals surface area contributed by atoms with Crippen LogP contribution >= 0.6 is 0 Å². The molecule has 0 aromatic heterocycles. The minimum absolute atomic E-state index is 0.0414. The highest BCUT2D eigenvalue weighted by atomic mass is 19.4. The summed E-state index contributed by atoms with van der Waals surface area (Å²) in [6, 6.07) is 3.95. The zero-order valence-corrected chi connectivity index (χ0v) is 10.2. The lowest BCUT2D eigenvalue weighted by Crippen LogP contribution is -2.21. The monoisotopic (exact) mass is 270 g/mol. The first-order chi connectivity index (χ1) is 8.98. The fourth-order valence-electron chi connectivity index (χ4n) is 1.79. The van der Waals surface area contributed by atoms with Crippen LogP contribution in [0, 0.1) is 18.3 Å². The van der Waals surface area contributed by atoms with Gasteiger partial charge in [0.1, 0.15) is 0 Å². The van der Waals surface area contributed by atoms with Gasteiger partial charge >= 0.3 is 6.36 Å². The number of terminal acetylenes is 1. The van der Waals surface area contributed by atoms with E-state index in [1.54, 1.807) is 0 Å². The quantitative estimate of drug-likeness (QED) is 0.776. The number of hydrogen-bond acceptors (Lipinski definition) is 2. The Morgan fingerprint density at radius 3 is 2.53 bits per heavy atom. The van der Waals surface area contributed by atoms with Crippen LogP contribution in [0.3, 0.4) is 0 Å². The number of benzene rings is 1. The van der Waals surface area contributed by atoms with E-state index in [9.17, 15) is 13.2 Å². The standard InChI is InChI=1S/C14H13F3O2/c1-2-10-6-7-12(19-14(15,16)17)13(8-10)18-9-11-4-3-5-11/h1,6-8,11H,3-5,9H2. The Hall–Kier alpha value is -1.83. The maximum absolute atomic E-state index is 12.3. The molecule has 0 N–H and O–H groups in total. The van der Waals surface area contributed by atoms with E-state index >= 15 is 0 Å². The largest absolute Gasteiger partial charge is 0.573 e. The van der Waals surface area contributed by atoms with Crippen molar-refractivity contribution in [2.24, 2.45) is 5.92 Å². The zero-order valence-electron chi connectivity index (χ0n) is 10.2. The Morgan fingerprint density at radius 2 is 2.00 bits per heavy atom. The van der Waals surface area contributed by atoms with E-state index in [2.05, 4.69) is 10.7 Å². The predicted molar refractivity (Wildman–Crippen MR) is 63.9 cm³/mol. The highest BCUT2D eigenvalue weighted by Crippen LogP contribution is 2.34. The average Bonchev–Trinajstić information content (AvgIpc) is 2.27. The Morgan fingerprint density at radius 1 is 1.26 bits per heavy atom. The molecule has 0 unspecified atom stereocenters. The van der Waals surface area contributed by atoms with Gasteiger partial charge in [-0.25, -0.2) is 0 Å². The van der Waals surface area contributed by atoms with Gasteiger partial charge in [0.25, 0.3) is 0 Å². The molecule has 102 valence electrons. The van der Waals surface area contributed by atoms with Crippen LogP contribution in [0.5, 0.6) is 11.5 Å². The third-order valence-electron chi connectivity index (χ3n) is 3.04. The summed E-state index contributed by atoms with van der Waals surface area (Å²) in [6.07, 6.45) is 3.71. The molecule has 1 aliphatic carbocycles. The maximum Gasteiger partial charge on any atom is 0.573 e. The smallest absolute Gasteiger partial charge is 0.489 e. The molecule has 0 amide bonds. The Bertz CT molecular complexity index is 484. The van der Waals surface area contributed by atoms with Crippen molar-refractivity contribution in [2.75, 3.05) is 6.61 Å². The molecular formula is C14H13F3O2. The highest BCUT2D eigenvalue weighted by Gasteiger charge is 2.32. The summed E-state index contributed by atoms with van der Waals surface area (Å²) in [5.41, 5.74) is 0.457. The van der Waals surface area contributed by atoms with Gasteiger partial charge in [-0.1, -0.05) is 12.3 Å². The molecule has 0 spiro atoms. The highest BCUT2D eigenvalue weighted by molar-refractivity contribution is 5.47. The van der Waals surface area contributed by atoms with E-state index in [0.29, 0.717) is 18.1 Å². The predicted octanol–water partition coefficient (Wildman–Crippen LogP) is 3.75. The molecule has 1 saturated carbocycles. The average molecular weight is 270 g/mol. The van der Waals surface area contributed by atoms with E-state index < -0.39 is 6.36 Å². The molecule has 0 radical (unpaired) electrons. The lowest BCUT2D eigenvalue weighted by atomic mass is 9.86. The van der Waals surface area contributed by atoms with Gasteiger partial charge in [0.2, 0.25) is 0 Å². The van der Waals surface area contributed by atoms with Gasteiger partial charge in [-0.2, -0.15) is 0 Å². The van der Waals surface area contributed by atoms with Gasteiger partial charge in [-0.3, -0.25) is 0 Å². The number of ether oxygens (including phenoxy) is 2.